The van der Waals surface area contributed by atoms with Crippen LogP contribution in [0.1, 0.15) is 19.3 Å². The van der Waals surface area contributed by atoms with Gasteiger partial charge in [0, 0.05) is 0 Å². The molecule has 0 aromatic heterocycles. The van der Waals surface area contributed by atoms with Gasteiger partial charge in [0.15, 0.2) is 0 Å². The molecular weight excluding hydrogens is 84.1 g/mol. The van der Waals surface area contributed by atoms with Gasteiger partial charge in [-0.15, -0.1) is 6.58 Å². The van der Waals surface area contributed by atoms with Gasteiger partial charge in [0.05, 0.1) is 0 Å². The normalized spacial score (nSPS) is 17.4. The largest absolute Gasteiger partial charge is 0.103 e. The zero-order valence-electron chi connectivity index (χ0n) is 4.48. The average molecular weight is 94.2 g/mol. The first-order valence-corrected chi connectivity index (χ1v) is 2.72. The fourth-order valence-corrected chi connectivity index (χ4v) is 0.719. The van der Waals surface area contributed by atoms with E-state index in [2.05, 4.69) is 12.7 Å². The Bertz CT molecular complexity index is 98.6. The molecule has 1 aliphatic rings. The van der Waals surface area contributed by atoms with Gasteiger partial charge in [-0.3, -0.25) is 0 Å². The minimum absolute atomic E-state index is 1.11. The van der Waals surface area contributed by atoms with E-state index in [1.165, 1.54) is 12.8 Å². The number of rotatable bonds is 2. The van der Waals surface area contributed by atoms with Crippen molar-refractivity contribution >= 4 is 0 Å². The topological polar surface area (TPSA) is 0 Å². The first-order chi connectivity index (χ1) is 3.43. The van der Waals surface area contributed by atoms with E-state index in [0.29, 0.717) is 0 Å². The molecule has 1 aliphatic carbocycles. The van der Waals surface area contributed by atoms with Crippen LogP contribution >= 0.6 is 0 Å². The lowest BCUT2D eigenvalue weighted by Crippen LogP contribution is -1.90. The van der Waals surface area contributed by atoms with Crippen molar-refractivity contribution < 1.29 is 0 Å². The van der Waals surface area contributed by atoms with E-state index in [1.54, 1.807) is 5.57 Å². The molecule has 0 heteroatoms. The summed E-state index contributed by atoms with van der Waals surface area (Å²) in [6.07, 6.45) is 7.96. The lowest BCUT2D eigenvalue weighted by Gasteiger charge is -2.10. The maximum Gasteiger partial charge on any atom is -0.0141 e. The second-order valence-corrected chi connectivity index (χ2v) is 1.89. The summed E-state index contributed by atoms with van der Waals surface area (Å²) >= 11 is 0. The highest BCUT2D eigenvalue weighted by atomic mass is 14.1. The molecule has 0 aromatic rings. The van der Waals surface area contributed by atoms with Crippen LogP contribution in [-0.4, -0.2) is 0 Å². The Kier molecular flexibility index (Phi) is 1.30. The van der Waals surface area contributed by atoms with Crippen molar-refractivity contribution in [3.05, 3.63) is 24.3 Å². The van der Waals surface area contributed by atoms with Crippen LogP contribution < -0.4 is 0 Å². The van der Waals surface area contributed by atoms with Gasteiger partial charge in [-0.2, -0.15) is 0 Å². The third kappa shape index (κ3) is 0.923. The van der Waals surface area contributed by atoms with Crippen molar-refractivity contribution in [2.24, 2.45) is 0 Å². The number of hydrogen-bond acceptors (Lipinski definition) is 0. The zero-order valence-corrected chi connectivity index (χ0v) is 4.48. The lowest BCUT2D eigenvalue weighted by atomic mass is 9.96. The molecule has 38 valence electrons. The smallest absolute Gasteiger partial charge is 0.0141 e. The molecule has 0 spiro atoms. The van der Waals surface area contributed by atoms with Gasteiger partial charge in [0.2, 0.25) is 0 Å². The highest BCUT2D eigenvalue weighted by Gasteiger charge is 2.00. The predicted octanol–water partition coefficient (Wildman–Crippen LogP) is 2.28. The van der Waals surface area contributed by atoms with Crippen LogP contribution in [0.25, 0.3) is 0 Å². The Labute approximate surface area is 44.5 Å². The molecule has 0 amide bonds. The first kappa shape index (κ1) is 4.63. The molecular formula is C7H10. The van der Waals surface area contributed by atoms with Crippen molar-refractivity contribution in [2.45, 2.75) is 19.3 Å². The second-order valence-electron chi connectivity index (χ2n) is 1.89. The van der Waals surface area contributed by atoms with Crippen LogP contribution in [0.5, 0.6) is 0 Å². The van der Waals surface area contributed by atoms with E-state index in [-0.39, 0.29) is 0 Å². The van der Waals surface area contributed by atoms with Crippen LogP contribution in [0.3, 0.4) is 0 Å². The molecule has 0 fully saturated rings. The van der Waals surface area contributed by atoms with Crippen molar-refractivity contribution in [3.63, 3.8) is 0 Å². The summed E-state index contributed by atoms with van der Waals surface area (Å²) in [6.45, 7) is 3.64. The fourth-order valence-electron chi connectivity index (χ4n) is 0.719. The van der Waals surface area contributed by atoms with Gasteiger partial charge in [-0.25, -0.2) is 0 Å². The summed E-state index contributed by atoms with van der Waals surface area (Å²) < 4.78 is 0. The summed E-state index contributed by atoms with van der Waals surface area (Å²) in [4.78, 5) is 0. The van der Waals surface area contributed by atoms with Crippen LogP contribution in [0.2, 0.25) is 0 Å². The molecule has 0 atom stereocenters. The molecule has 0 unspecified atom stereocenters. The standard InChI is InChI=1S/C7H10/c1-2-4-7-5-3-6-7/h2,5H,1,3-4,6H2. The van der Waals surface area contributed by atoms with E-state index in [4.69, 9.17) is 0 Å². The minimum atomic E-state index is 1.11. The fraction of sp³-hybridized carbons (Fsp3) is 0.429. The molecule has 0 heterocycles. The molecule has 0 N–H and O–H groups in total. The molecule has 0 radical (unpaired) electrons. The average Bonchev–Trinajstić information content (AvgIpc) is 1.55. The van der Waals surface area contributed by atoms with Crippen LogP contribution in [0.4, 0.5) is 0 Å². The van der Waals surface area contributed by atoms with Crippen molar-refractivity contribution in [1.82, 2.24) is 0 Å². The SMILES string of the molecule is C=CCC1=CCC1. The van der Waals surface area contributed by atoms with E-state index in [9.17, 15) is 0 Å². The number of allylic oxidation sites excluding steroid dienone is 3. The molecule has 7 heavy (non-hydrogen) atoms. The summed E-state index contributed by atoms with van der Waals surface area (Å²) in [7, 11) is 0. The van der Waals surface area contributed by atoms with E-state index >= 15 is 0 Å². The third-order valence-electron chi connectivity index (χ3n) is 1.30. The van der Waals surface area contributed by atoms with E-state index in [1.807, 2.05) is 6.08 Å². The van der Waals surface area contributed by atoms with Gasteiger partial charge >= 0.3 is 0 Å². The summed E-state index contributed by atoms with van der Waals surface area (Å²) in [5, 5.41) is 0. The van der Waals surface area contributed by atoms with Gasteiger partial charge in [0.25, 0.3) is 0 Å². The lowest BCUT2D eigenvalue weighted by molar-refractivity contribution is 0.841. The van der Waals surface area contributed by atoms with Gasteiger partial charge in [-0.05, 0) is 19.3 Å². The Balaban J connectivity index is 2.27. The summed E-state index contributed by atoms with van der Waals surface area (Å²) in [6, 6.07) is 0. The van der Waals surface area contributed by atoms with E-state index < -0.39 is 0 Å². The van der Waals surface area contributed by atoms with Crippen LogP contribution in [0.15, 0.2) is 24.3 Å². The highest BCUT2D eigenvalue weighted by Crippen LogP contribution is 2.20. The first-order valence-electron chi connectivity index (χ1n) is 2.72. The van der Waals surface area contributed by atoms with E-state index in [0.717, 1.165) is 6.42 Å². The highest BCUT2D eigenvalue weighted by molar-refractivity contribution is 5.14. The zero-order chi connectivity index (χ0) is 5.11. The molecule has 0 nitrogen and oxygen atoms in total. The van der Waals surface area contributed by atoms with Crippen LogP contribution in [-0.2, 0) is 0 Å². The quantitative estimate of drug-likeness (QED) is 0.460. The summed E-state index contributed by atoms with van der Waals surface area (Å²) in [5.74, 6) is 0. The maximum absolute atomic E-state index is 3.64. The molecule has 0 saturated heterocycles. The molecule has 1 rings (SSSR count). The van der Waals surface area contributed by atoms with Gasteiger partial charge in [-0.1, -0.05) is 17.7 Å². The predicted molar refractivity (Wildman–Crippen MR) is 32.1 cm³/mol. The molecule has 0 saturated carbocycles. The summed E-state index contributed by atoms with van der Waals surface area (Å²) in [5.41, 5.74) is 1.56. The Morgan fingerprint density at radius 2 is 2.57 bits per heavy atom. The molecule has 0 aromatic carbocycles. The van der Waals surface area contributed by atoms with Gasteiger partial charge in [0.1, 0.15) is 0 Å². The number of hydrogen-bond donors (Lipinski definition) is 0. The van der Waals surface area contributed by atoms with Crippen molar-refractivity contribution in [1.29, 1.82) is 0 Å². The maximum atomic E-state index is 3.64. The Morgan fingerprint density at radius 3 is 2.71 bits per heavy atom. The second kappa shape index (κ2) is 1.97. The third-order valence-corrected chi connectivity index (χ3v) is 1.30. The van der Waals surface area contributed by atoms with Crippen molar-refractivity contribution in [3.8, 4) is 0 Å². The molecule has 0 bridgehead atoms. The van der Waals surface area contributed by atoms with Gasteiger partial charge < -0.3 is 0 Å². The Morgan fingerprint density at radius 1 is 1.86 bits per heavy atom. The molecule has 0 aliphatic heterocycles. The minimum Gasteiger partial charge on any atom is -0.103 e. The Hall–Kier alpha value is -0.520. The monoisotopic (exact) mass is 94.1 g/mol. The van der Waals surface area contributed by atoms with Crippen molar-refractivity contribution in [2.75, 3.05) is 0 Å². The van der Waals surface area contributed by atoms with Crippen LogP contribution in [0, 0.1) is 0 Å².